The molecule has 0 radical (unpaired) electrons. The Morgan fingerprint density at radius 1 is 1.29 bits per heavy atom. The van der Waals surface area contributed by atoms with Crippen molar-refractivity contribution in [3.05, 3.63) is 60.1 Å². The highest BCUT2D eigenvalue weighted by atomic mass is 16.4. The van der Waals surface area contributed by atoms with Gasteiger partial charge >= 0.3 is 5.97 Å². The first kappa shape index (κ1) is 14.7. The van der Waals surface area contributed by atoms with Crippen molar-refractivity contribution in [3.63, 3.8) is 0 Å². The van der Waals surface area contributed by atoms with Gasteiger partial charge < -0.3 is 10.0 Å². The molecule has 2 rings (SSSR count). The summed E-state index contributed by atoms with van der Waals surface area (Å²) in [5.74, 6) is -0.198. The summed E-state index contributed by atoms with van der Waals surface area (Å²) >= 11 is 0. The topological polar surface area (TPSA) is 66.3 Å². The van der Waals surface area contributed by atoms with Gasteiger partial charge in [-0.05, 0) is 42.8 Å². The molecular weight excluding hydrogens is 266 g/mol. The molecule has 0 fully saturated rings. The van der Waals surface area contributed by atoms with Crippen LogP contribution in [0.1, 0.15) is 18.1 Å². The molecule has 5 heteroatoms. The fraction of sp³-hybridized carbons (Fsp3) is 0.188. The maximum atomic E-state index is 10.7. The molecule has 5 nitrogen and oxygen atoms in total. The predicted octanol–water partition coefficient (Wildman–Crippen LogP) is 2.60. The molecule has 21 heavy (non-hydrogen) atoms. The van der Waals surface area contributed by atoms with Crippen molar-refractivity contribution in [3.8, 4) is 0 Å². The number of anilines is 1. The number of aromatic nitrogens is 2. The van der Waals surface area contributed by atoms with Gasteiger partial charge in [0.25, 0.3) is 0 Å². The monoisotopic (exact) mass is 283 g/mol. The number of pyridine rings is 2. The van der Waals surface area contributed by atoms with Crippen LogP contribution in [0.3, 0.4) is 0 Å². The van der Waals surface area contributed by atoms with E-state index in [-0.39, 0.29) is 0 Å². The van der Waals surface area contributed by atoms with Crippen molar-refractivity contribution >= 4 is 17.9 Å². The molecule has 2 aromatic rings. The fourth-order valence-corrected chi connectivity index (χ4v) is 2.01. The van der Waals surface area contributed by atoms with E-state index in [1.165, 1.54) is 0 Å². The second kappa shape index (κ2) is 7.19. The number of nitrogens with zero attached hydrogens (tertiary/aromatic N) is 3. The highest BCUT2D eigenvalue weighted by molar-refractivity contribution is 5.86. The van der Waals surface area contributed by atoms with Crippen LogP contribution in [0.25, 0.3) is 6.08 Å². The molecule has 1 N–H and O–H groups in total. The van der Waals surface area contributed by atoms with E-state index in [2.05, 4.69) is 14.9 Å². The van der Waals surface area contributed by atoms with E-state index in [1.807, 2.05) is 25.1 Å². The Morgan fingerprint density at radius 2 is 2.05 bits per heavy atom. The summed E-state index contributed by atoms with van der Waals surface area (Å²) in [6.07, 6.45) is 7.92. The third-order valence-corrected chi connectivity index (χ3v) is 3.03. The zero-order chi connectivity index (χ0) is 15.1. The van der Waals surface area contributed by atoms with Crippen LogP contribution in [-0.4, -0.2) is 27.6 Å². The van der Waals surface area contributed by atoms with Gasteiger partial charge in [-0.3, -0.25) is 4.98 Å². The Labute approximate surface area is 123 Å². The summed E-state index contributed by atoms with van der Waals surface area (Å²) in [6, 6.07) is 7.57. The summed E-state index contributed by atoms with van der Waals surface area (Å²) in [5, 5.41) is 8.77. The van der Waals surface area contributed by atoms with Crippen molar-refractivity contribution in [2.24, 2.45) is 0 Å². The van der Waals surface area contributed by atoms with Crippen LogP contribution in [0.4, 0.5) is 5.82 Å². The van der Waals surface area contributed by atoms with Gasteiger partial charge in [-0.25, -0.2) is 9.78 Å². The number of hydrogen-bond acceptors (Lipinski definition) is 4. The zero-order valence-electron chi connectivity index (χ0n) is 11.8. The zero-order valence-corrected chi connectivity index (χ0v) is 11.8. The van der Waals surface area contributed by atoms with E-state index >= 15 is 0 Å². The SMILES string of the molecule is CCN(Cc1ccncc1)c1ncccc1/C=C/C(=O)O. The fourth-order valence-electron chi connectivity index (χ4n) is 2.01. The molecule has 0 aromatic carbocycles. The molecular formula is C16H17N3O2. The number of carboxylic acids is 1. The molecule has 0 bridgehead atoms. The summed E-state index contributed by atoms with van der Waals surface area (Å²) < 4.78 is 0. The van der Waals surface area contributed by atoms with Crippen LogP contribution < -0.4 is 4.90 Å². The number of aliphatic carboxylic acids is 1. The number of hydrogen-bond donors (Lipinski definition) is 1. The summed E-state index contributed by atoms with van der Waals surface area (Å²) in [4.78, 5) is 21.2. The van der Waals surface area contributed by atoms with Crippen molar-refractivity contribution in [1.29, 1.82) is 0 Å². The van der Waals surface area contributed by atoms with Crippen molar-refractivity contribution in [1.82, 2.24) is 9.97 Å². The quantitative estimate of drug-likeness (QED) is 0.825. The lowest BCUT2D eigenvalue weighted by Crippen LogP contribution is -2.23. The summed E-state index contributed by atoms with van der Waals surface area (Å²) in [7, 11) is 0. The van der Waals surface area contributed by atoms with Crippen LogP contribution in [0, 0.1) is 0 Å². The lowest BCUT2D eigenvalue weighted by Gasteiger charge is -2.23. The van der Waals surface area contributed by atoms with Gasteiger partial charge in [-0.2, -0.15) is 0 Å². The maximum absolute atomic E-state index is 10.7. The molecule has 0 saturated heterocycles. The smallest absolute Gasteiger partial charge is 0.328 e. The van der Waals surface area contributed by atoms with E-state index in [1.54, 1.807) is 30.7 Å². The molecule has 0 saturated carbocycles. The molecule has 108 valence electrons. The number of rotatable bonds is 6. The molecule has 2 aromatic heterocycles. The van der Waals surface area contributed by atoms with Gasteiger partial charge in [0.05, 0.1) is 0 Å². The largest absolute Gasteiger partial charge is 0.478 e. The molecule has 0 spiro atoms. The predicted molar refractivity (Wildman–Crippen MR) is 81.9 cm³/mol. The molecule has 0 aliphatic carbocycles. The van der Waals surface area contributed by atoms with Gasteiger partial charge in [-0.15, -0.1) is 0 Å². The maximum Gasteiger partial charge on any atom is 0.328 e. The second-order valence-corrected chi connectivity index (χ2v) is 4.46. The van der Waals surface area contributed by atoms with Gasteiger partial charge in [0.1, 0.15) is 5.82 Å². The minimum Gasteiger partial charge on any atom is -0.478 e. The minimum atomic E-state index is -0.970. The third kappa shape index (κ3) is 4.14. The van der Waals surface area contributed by atoms with Crippen LogP contribution in [0.15, 0.2) is 48.9 Å². The average molecular weight is 283 g/mol. The first-order valence-electron chi connectivity index (χ1n) is 6.70. The Bertz CT molecular complexity index is 626. The molecule has 2 heterocycles. The first-order valence-corrected chi connectivity index (χ1v) is 6.70. The normalized spacial score (nSPS) is 10.7. The van der Waals surface area contributed by atoms with Gasteiger partial charge in [0, 0.05) is 43.3 Å². The average Bonchev–Trinajstić information content (AvgIpc) is 2.52. The van der Waals surface area contributed by atoms with E-state index in [0.717, 1.165) is 29.6 Å². The standard InChI is InChI=1S/C16H17N3O2/c1-2-19(12-13-7-10-17-11-8-13)16-14(4-3-9-18-16)5-6-15(20)21/h3-11H,2,12H2,1H3,(H,20,21)/b6-5+. The van der Waals surface area contributed by atoms with Gasteiger partial charge in [-0.1, -0.05) is 0 Å². The Balaban J connectivity index is 2.27. The first-order chi connectivity index (χ1) is 10.2. The second-order valence-electron chi connectivity index (χ2n) is 4.46. The summed E-state index contributed by atoms with van der Waals surface area (Å²) in [5.41, 5.74) is 1.92. The molecule has 0 aliphatic rings. The number of carboxylic acid groups (broad SMARTS) is 1. The van der Waals surface area contributed by atoms with Crippen molar-refractivity contribution in [2.75, 3.05) is 11.4 Å². The van der Waals surface area contributed by atoms with Crippen LogP contribution in [0.2, 0.25) is 0 Å². The minimum absolute atomic E-state index is 0.698. The van der Waals surface area contributed by atoms with Crippen LogP contribution >= 0.6 is 0 Å². The molecule has 0 amide bonds. The Kier molecular flexibility index (Phi) is 5.04. The highest BCUT2D eigenvalue weighted by Gasteiger charge is 2.10. The van der Waals surface area contributed by atoms with E-state index in [4.69, 9.17) is 5.11 Å². The van der Waals surface area contributed by atoms with Crippen LogP contribution in [-0.2, 0) is 11.3 Å². The summed E-state index contributed by atoms with van der Waals surface area (Å²) in [6.45, 7) is 3.51. The van der Waals surface area contributed by atoms with Gasteiger partial charge in [0.2, 0.25) is 0 Å². The van der Waals surface area contributed by atoms with E-state index < -0.39 is 5.97 Å². The molecule has 0 aliphatic heterocycles. The molecule has 0 unspecified atom stereocenters. The van der Waals surface area contributed by atoms with Crippen molar-refractivity contribution in [2.45, 2.75) is 13.5 Å². The number of carbonyl (C=O) groups is 1. The van der Waals surface area contributed by atoms with Crippen molar-refractivity contribution < 1.29 is 9.90 Å². The van der Waals surface area contributed by atoms with Crippen LogP contribution in [0.5, 0.6) is 0 Å². The van der Waals surface area contributed by atoms with Gasteiger partial charge in [0.15, 0.2) is 0 Å². The third-order valence-electron chi connectivity index (χ3n) is 3.03. The lowest BCUT2D eigenvalue weighted by atomic mass is 10.2. The van der Waals surface area contributed by atoms with E-state index in [9.17, 15) is 4.79 Å². The lowest BCUT2D eigenvalue weighted by molar-refractivity contribution is -0.131. The Morgan fingerprint density at radius 3 is 2.71 bits per heavy atom. The molecule has 0 atom stereocenters. The van der Waals surface area contributed by atoms with E-state index in [0.29, 0.717) is 6.54 Å². The highest BCUT2D eigenvalue weighted by Crippen LogP contribution is 2.20. The Hall–Kier alpha value is -2.69.